The number of nitrogens with zero attached hydrogens (tertiary/aromatic N) is 3. The van der Waals surface area contributed by atoms with E-state index in [-0.39, 0.29) is 16.3 Å². The zero-order valence-electron chi connectivity index (χ0n) is 18.5. The highest BCUT2D eigenvalue weighted by Crippen LogP contribution is 2.32. The molecule has 178 valence electrons. The van der Waals surface area contributed by atoms with E-state index in [1.165, 1.54) is 24.4 Å². The van der Waals surface area contributed by atoms with Crippen molar-refractivity contribution in [3.8, 4) is 17.9 Å². The molecule has 0 atom stereocenters. The van der Waals surface area contributed by atoms with Crippen LogP contribution in [0.4, 0.5) is 21.5 Å². The molecule has 0 fully saturated rings. The topological polar surface area (TPSA) is 131 Å². The summed E-state index contributed by atoms with van der Waals surface area (Å²) in [5, 5.41) is 34.8. The Kier molecular flexibility index (Phi) is 7.15. The molecule has 3 N–H and O–H groups in total. The fraction of sp³-hybridized carbons (Fsp3) is 0.0769. The predicted octanol–water partition coefficient (Wildman–Crippen LogP) is 5.59. The van der Waals surface area contributed by atoms with Gasteiger partial charge in [-0.3, -0.25) is 4.98 Å². The number of halogens is 2. The van der Waals surface area contributed by atoms with Gasteiger partial charge in [-0.25, -0.2) is 9.18 Å². The average Bonchev–Trinajstić information content (AvgIpc) is 2.88. The molecule has 0 bridgehead atoms. The summed E-state index contributed by atoms with van der Waals surface area (Å²) >= 11 is 5.90. The molecule has 1 heterocycles. The number of benzene rings is 3. The van der Waals surface area contributed by atoms with Crippen LogP contribution in [0.25, 0.3) is 10.9 Å². The number of pyridine rings is 1. The van der Waals surface area contributed by atoms with Crippen LogP contribution in [-0.4, -0.2) is 22.7 Å². The molecule has 4 rings (SSSR count). The van der Waals surface area contributed by atoms with E-state index in [0.29, 0.717) is 34.4 Å². The molecule has 0 unspecified atom stereocenters. The number of carboxylic acids is 1. The second kappa shape index (κ2) is 10.6. The number of hydrogen-bond donors (Lipinski definition) is 3. The summed E-state index contributed by atoms with van der Waals surface area (Å²) in [4.78, 5) is 15.1. The molecule has 0 radical (unpaired) electrons. The third kappa shape index (κ3) is 5.44. The van der Waals surface area contributed by atoms with Gasteiger partial charge in [0.1, 0.15) is 23.7 Å². The second-order valence-electron chi connectivity index (χ2n) is 7.62. The molecule has 0 amide bonds. The van der Waals surface area contributed by atoms with Crippen LogP contribution in [0.15, 0.2) is 60.8 Å². The van der Waals surface area contributed by atoms with Crippen molar-refractivity contribution in [1.29, 1.82) is 10.5 Å². The number of rotatable bonds is 8. The third-order valence-corrected chi connectivity index (χ3v) is 5.48. The largest absolute Gasteiger partial charge is 0.481 e. The lowest BCUT2D eigenvalue weighted by molar-refractivity contribution is -0.139. The van der Waals surface area contributed by atoms with Gasteiger partial charge in [-0.1, -0.05) is 17.7 Å². The van der Waals surface area contributed by atoms with Crippen molar-refractivity contribution in [1.82, 2.24) is 4.98 Å². The zero-order chi connectivity index (χ0) is 25.7. The van der Waals surface area contributed by atoms with Gasteiger partial charge in [0, 0.05) is 29.5 Å². The molecule has 0 saturated heterocycles. The van der Waals surface area contributed by atoms with Gasteiger partial charge in [-0.2, -0.15) is 10.5 Å². The first-order chi connectivity index (χ1) is 17.4. The molecular formula is C26H17ClFN5O3. The van der Waals surface area contributed by atoms with E-state index in [0.717, 1.165) is 11.3 Å². The SMILES string of the molecule is N#Cc1cc(CNc2ccc3ncc(C#N)c(Nc4ccc(F)c(Cl)c4)c3c2)ccc1OCC(=O)O. The van der Waals surface area contributed by atoms with Crippen molar-refractivity contribution in [2.24, 2.45) is 0 Å². The van der Waals surface area contributed by atoms with E-state index in [9.17, 15) is 19.7 Å². The second-order valence-corrected chi connectivity index (χ2v) is 8.03. The molecule has 0 saturated carbocycles. The lowest BCUT2D eigenvalue weighted by Crippen LogP contribution is -2.10. The van der Waals surface area contributed by atoms with Crippen molar-refractivity contribution in [3.05, 3.63) is 88.3 Å². The number of aromatic nitrogens is 1. The Morgan fingerprint density at radius 1 is 1.06 bits per heavy atom. The van der Waals surface area contributed by atoms with Crippen molar-refractivity contribution in [3.63, 3.8) is 0 Å². The molecule has 8 nitrogen and oxygen atoms in total. The first-order valence-electron chi connectivity index (χ1n) is 10.5. The maximum Gasteiger partial charge on any atom is 0.341 e. The zero-order valence-corrected chi connectivity index (χ0v) is 19.3. The summed E-state index contributed by atoms with van der Waals surface area (Å²) in [5.74, 6) is -1.48. The lowest BCUT2D eigenvalue weighted by atomic mass is 10.1. The molecule has 0 aliphatic rings. The summed E-state index contributed by atoms with van der Waals surface area (Å²) in [6, 6.07) is 18.7. The van der Waals surface area contributed by atoms with Crippen molar-refractivity contribution in [2.45, 2.75) is 6.54 Å². The Bertz CT molecular complexity index is 1560. The van der Waals surface area contributed by atoms with Crippen LogP contribution in [0.1, 0.15) is 16.7 Å². The molecular weight excluding hydrogens is 485 g/mol. The Morgan fingerprint density at radius 3 is 2.56 bits per heavy atom. The standard InChI is InChI=1S/C26H17ClFN5O3/c27-21-9-19(2-4-22(21)28)33-26-17(11-30)13-32-23-5-3-18(8-20(23)26)31-12-15-1-6-24(16(7-15)10-29)36-14-25(34)35/h1-9,13,31H,12,14H2,(H,32,33)(H,34,35). The number of hydrogen-bond acceptors (Lipinski definition) is 7. The van der Waals surface area contributed by atoms with Crippen molar-refractivity contribution in [2.75, 3.05) is 17.2 Å². The number of ether oxygens (including phenoxy) is 1. The number of anilines is 3. The molecule has 0 aliphatic carbocycles. The minimum absolute atomic E-state index is 0.0460. The molecule has 4 aromatic rings. The highest BCUT2D eigenvalue weighted by atomic mass is 35.5. The van der Waals surface area contributed by atoms with Crippen LogP contribution in [-0.2, 0) is 11.3 Å². The summed E-state index contributed by atoms with van der Waals surface area (Å²) in [7, 11) is 0. The average molecular weight is 502 g/mol. The van der Waals surface area contributed by atoms with Crippen molar-refractivity contribution < 1.29 is 19.0 Å². The van der Waals surface area contributed by atoms with Crippen LogP contribution < -0.4 is 15.4 Å². The molecule has 1 aromatic heterocycles. The van der Waals surface area contributed by atoms with Crippen LogP contribution in [0.3, 0.4) is 0 Å². The van der Waals surface area contributed by atoms with Crippen LogP contribution in [0, 0.1) is 28.5 Å². The van der Waals surface area contributed by atoms with Gasteiger partial charge in [-0.05, 0) is 54.1 Å². The van der Waals surface area contributed by atoms with Crippen LogP contribution >= 0.6 is 11.6 Å². The summed E-state index contributed by atoms with van der Waals surface area (Å²) in [6.45, 7) is -0.177. The van der Waals surface area contributed by atoms with E-state index in [4.69, 9.17) is 21.4 Å². The lowest BCUT2D eigenvalue weighted by Gasteiger charge is -2.14. The van der Waals surface area contributed by atoms with Gasteiger partial charge >= 0.3 is 5.97 Å². The smallest absolute Gasteiger partial charge is 0.341 e. The van der Waals surface area contributed by atoms with E-state index < -0.39 is 18.4 Å². The van der Waals surface area contributed by atoms with Gasteiger partial charge in [0.15, 0.2) is 6.61 Å². The van der Waals surface area contributed by atoms with E-state index in [2.05, 4.69) is 21.7 Å². The fourth-order valence-electron chi connectivity index (χ4n) is 3.48. The van der Waals surface area contributed by atoms with Gasteiger partial charge in [0.2, 0.25) is 0 Å². The van der Waals surface area contributed by atoms with Gasteiger partial charge in [-0.15, -0.1) is 0 Å². The third-order valence-electron chi connectivity index (χ3n) is 5.19. The normalized spacial score (nSPS) is 10.3. The maximum atomic E-state index is 13.6. The molecule has 10 heteroatoms. The Labute approximate surface area is 210 Å². The van der Waals surface area contributed by atoms with E-state index in [1.54, 1.807) is 24.3 Å². The predicted molar refractivity (Wildman–Crippen MR) is 133 cm³/mol. The highest BCUT2D eigenvalue weighted by molar-refractivity contribution is 6.31. The van der Waals surface area contributed by atoms with Gasteiger partial charge in [0.25, 0.3) is 0 Å². The molecule has 3 aromatic carbocycles. The quantitative estimate of drug-likeness (QED) is 0.285. The maximum absolute atomic E-state index is 13.6. The Balaban J connectivity index is 1.60. The first kappa shape index (κ1) is 24.3. The molecule has 36 heavy (non-hydrogen) atoms. The van der Waals surface area contributed by atoms with E-state index >= 15 is 0 Å². The molecule has 0 spiro atoms. The number of nitrogens with one attached hydrogen (secondary N) is 2. The molecule has 0 aliphatic heterocycles. The fourth-order valence-corrected chi connectivity index (χ4v) is 3.66. The Morgan fingerprint density at radius 2 is 1.83 bits per heavy atom. The number of fused-ring (bicyclic) bond motifs is 1. The Hall–Kier alpha value is -4.86. The van der Waals surface area contributed by atoms with Gasteiger partial charge in [0.05, 0.1) is 27.4 Å². The van der Waals surface area contributed by atoms with Crippen molar-refractivity contribution >= 4 is 45.5 Å². The highest BCUT2D eigenvalue weighted by Gasteiger charge is 2.12. The summed E-state index contributed by atoms with van der Waals surface area (Å²) < 4.78 is 18.7. The number of nitriles is 2. The number of carbonyl (C=O) groups is 1. The number of carboxylic acid groups (broad SMARTS) is 1. The summed E-state index contributed by atoms with van der Waals surface area (Å²) in [6.07, 6.45) is 1.46. The van der Waals surface area contributed by atoms with Crippen LogP contribution in [0.5, 0.6) is 5.75 Å². The van der Waals surface area contributed by atoms with Gasteiger partial charge < -0.3 is 20.5 Å². The minimum Gasteiger partial charge on any atom is -0.481 e. The minimum atomic E-state index is -1.13. The summed E-state index contributed by atoms with van der Waals surface area (Å²) in [5.41, 5.74) is 3.68. The van der Waals surface area contributed by atoms with E-state index in [1.807, 2.05) is 18.2 Å². The number of aliphatic carboxylic acids is 1. The monoisotopic (exact) mass is 501 g/mol. The van der Waals surface area contributed by atoms with Crippen LogP contribution in [0.2, 0.25) is 5.02 Å². The first-order valence-corrected chi connectivity index (χ1v) is 10.9.